The lowest BCUT2D eigenvalue weighted by Gasteiger charge is -1.97. The molecule has 0 spiro atoms. The zero-order valence-corrected chi connectivity index (χ0v) is 7.01. The lowest BCUT2D eigenvalue weighted by atomic mass is 10.2. The maximum absolute atomic E-state index is 13.0. The van der Waals surface area contributed by atoms with Gasteiger partial charge in [0.1, 0.15) is 0 Å². The fourth-order valence-corrected chi connectivity index (χ4v) is 0.815. The predicted molar refractivity (Wildman–Crippen MR) is 45.1 cm³/mol. The van der Waals surface area contributed by atoms with Crippen molar-refractivity contribution in [1.82, 2.24) is 0 Å². The third kappa shape index (κ3) is 1.99. The Morgan fingerprint density at radius 2 is 2.00 bits per heavy atom. The van der Waals surface area contributed by atoms with Crippen molar-refractivity contribution in [3.63, 3.8) is 0 Å². The molecule has 0 aliphatic rings. The summed E-state index contributed by atoms with van der Waals surface area (Å²) in [5.41, 5.74) is -0.171. The van der Waals surface area contributed by atoms with Crippen LogP contribution < -0.4 is 0 Å². The molecule has 1 N–H and O–H groups in total. The van der Waals surface area contributed by atoms with Gasteiger partial charge in [-0.2, -0.15) is 9.65 Å². The Labute approximate surface area is 79.4 Å². The van der Waals surface area contributed by atoms with Gasteiger partial charge in [-0.1, -0.05) is 11.8 Å². The van der Waals surface area contributed by atoms with E-state index in [4.69, 9.17) is 10.4 Å². The minimum Gasteiger partial charge on any atom is -0.505 e. The Morgan fingerprint density at radius 3 is 2.64 bits per heavy atom. The van der Waals surface area contributed by atoms with Crippen LogP contribution in [0.25, 0.3) is 0 Å². The van der Waals surface area contributed by atoms with Gasteiger partial charge in [0.05, 0.1) is 18.1 Å². The van der Waals surface area contributed by atoms with E-state index in [2.05, 4.69) is 11.8 Å². The van der Waals surface area contributed by atoms with Gasteiger partial charge in [-0.3, -0.25) is 0 Å². The van der Waals surface area contributed by atoms with Crippen molar-refractivity contribution in [3.8, 4) is 23.7 Å². The molecule has 1 aromatic carbocycles. The SMILES string of the molecule is N#CCC#Cc1ccc(O)c(F)c1F. The zero-order chi connectivity index (χ0) is 10.6. The van der Waals surface area contributed by atoms with Crippen LogP contribution in [0.4, 0.5) is 8.78 Å². The summed E-state index contributed by atoms with van der Waals surface area (Å²) in [6, 6.07) is 3.90. The molecule has 0 aliphatic carbocycles. The summed E-state index contributed by atoms with van der Waals surface area (Å²) in [6.07, 6.45) is -0.0536. The number of benzene rings is 1. The number of phenols is 1. The minimum atomic E-state index is -1.33. The quantitative estimate of drug-likeness (QED) is 0.640. The van der Waals surface area contributed by atoms with Crippen LogP contribution in [0, 0.1) is 34.8 Å². The minimum absolute atomic E-state index is 0.0536. The highest BCUT2D eigenvalue weighted by molar-refractivity contribution is 5.40. The Morgan fingerprint density at radius 1 is 1.29 bits per heavy atom. The van der Waals surface area contributed by atoms with E-state index in [-0.39, 0.29) is 12.0 Å². The molecule has 0 fully saturated rings. The number of phenolic OH excluding ortho intramolecular Hbond substituents is 1. The smallest absolute Gasteiger partial charge is 0.201 e. The van der Waals surface area contributed by atoms with Crippen molar-refractivity contribution in [2.75, 3.05) is 0 Å². The van der Waals surface area contributed by atoms with Crippen LogP contribution in [0.5, 0.6) is 5.75 Å². The third-order valence-corrected chi connectivity index (χ3v) is 1.45. The van der Waals surface area contributed by atoms with Crippen molar-refractivity contribution in [1.29, 1.82) is 5.26 Å². The fourth-order valence-electron chi connectivity index (χ4n) is 0.815. The molecule has 1 aromatic rings. The number of halogens is 2. The van der Waals surface area contributed by atoms with Gasteiger partial charge >= 0.3 is 0 Å². The topological polar surface area (TPSA) is 44.0 Å². The molecule has 0 aliphatic heterocycles. The third-order valence-electron chi connectivity index (χ3n) is 1.45. The van der Waals surface area contributed by atoms with Gasteiger partial charge in [0.25, 0.3) is 0 Å². The number of aromatic hydroxyl groups is 1. The summed E-state index contributed by atoms with van der Waals surface area (Å²) in [7, 11) is 0. The molecule has 14 heavy (non-hydrogen) atoms. The van der Waals surface area contributed by atoms with E-state index in [1.807, 2.05) is 0 Å². The van der Waals surface area contributed by atoms with Gasteiger partial charge < -0.3 is 5.11 Å². The molecule has 0 saturated carbocycles. The van der Waals surface area contributed by atoms with Gasteiger partial charge in [-0.05, 0) is 12.1 Å². The highest BCUT2D eigenvalue weighted by Crippen LogP contribution is 2.20. The fraction of sp³-hybridized carbons (Fsp3) is 0.100. The van der Waals surface area contributed by atoms with E-state index in [1.165, 1.54) is 0 Å². The molecule has 0 unspecified atom stereocenters. The molecule has 0 aromatic heterocycles. The molecular formula is C10H5F2NO. The number of hydrogen-bond acceptors (Lipinski definition) is 2. The number of nitriles is 1. The molecule has 0 amide bonds. The Kier molecular flexibility index (Phi) is 3.04. The maximum Gasteiger partial charge on any atom is 0.201 e. The van der Waals surface area contributed by atoms with E-state index >= 15 is 0 Å². The lowest BCUT2D eigenvalue weighted by Crippen LogP contribution is -1.89. The molecular weight excluding hydrogens is 188 g/mol. The van der Waals surface area contributed by atoms with E-state index in [1.54, 1.807) is 6.07 Å². The van der Waals surface area contributed by atoms with Crippen LogP contribution in [0.15, 0.2) is 12.1 Å². The van der Waals surface area contributed by atoms with E-state index in [0.717, 1.165) is 12.1 Å². The van der Waals surface area contributed by atoms with Crippen molar-refractivity contribution >= 4 is 0 Å². The van der Waals surface area contributed by atoms with Crippen LogP contribution in [0.2, 0.25) is 0 Å². The van der Waals surface area contributed by atoms with Crippen LogP contribution in [-0.2, 0) is 0 Å². The van der Waals surface area contributed by atoms with Crippen LogP contribution in [-0.4, -0.2) is 5.11 Å². The Balaban J connectivity index is 3.09. The van der Waals surface area contributed by atoms with Gasteiger partial charge in [0.2, 0.25) is 5.82 Å². The monoisotopic (exact) mass is 193 g/mol. The maximum atomic E-state index is 13.0. The lowest BCUT2D eigenvalue weighted by molar-refractivity contribution is 0.406. The second-order valence-electron chi connectivity index (χ2n) is 2.40. The van der Waals surface area contributed by atoms with Crippen molar-refractivity contribution < 1.29 is 13.9 Å². The van der Waals surface area contributed by atoms with Crippen LogP contribution in [0.3, 0.4) is 0 Å². The molecule has 1 rings (SSSR count). The normalized spacial score (nSPS) is 8.64. The van der Waals surface area contributed by atoms with Gasteiger partial charge in [0, 0.05) is 0 Å². The molecule has 0 bridgehead atoms. The number of hydrogen-bond donors (Lipinski definition) is 1. The summed E-state index contributed by atoms with van der Waals surface area (Å²) in [4.78, 5) is 0. The average molecular weight is 193 g/mol. The molecule has 0 atom stereocenters. The predicted octanol–water partition coefficient (Wildman–Crippen LogP) is 1.94. The summed E-state index contributed by atoms with van der Waals surface area (Å²) in [6.45, 7) is 0. The largest absolute Gasteiger partial charge is 0.505 e. The van der Waals surface area contributed by atoms with Crippen LogP contribution in [0.1, 0.15) is 12.0 Å². The summed E-state index contributed by atoms with van der Waals surface area (Å²) in [5, 5.41) is 16.9. The van der Waals surface area contributed by atoms with Crippen molar-refractivity contribution in [2.45, 2.75) is 6.42 Å². The molecule has 70 valence electrons. The molecule has 0 heterocycles. The van der Waals surface area contributed by atoms with Gasteiger partial charge in [-0.15, -0.1) is 0 Å². The van der Waals surface area contributed by atoms with E-state index in [0.29, 0.717) is 0 Å². The highest BCUT2D eigenvalue weighted by atomic mass is 19.2. The number of nitrogens with zero attached hydrogens (tertiary/aromatic N) is 1. The van der Waals surface area contributed by atoms with Gasteiger partial charge in [-0.25, -0.2) is 4.39 Å². The van der Waals surface area contributed by atoms with Crippen LogP contribution >= 0.6 is 0 Å². The summed E-state index contributed by atoms with van der Waals surface area (Å²) < 4.78 is 25.7. The van der Waals surface area contributed by atoms with Crippen molar-refractivity contribution in [2.24, 2.45) is 0 Å². The Hall–Kier alpha value is -2.07. The van der Waals surface area contributed by atoms with Gasteiger partial charge in [0.15, 0.2) is 11.6 Å². The standard InChI is InChI=1S/C10H5F2NO/c11-9-7(3-1-2-6-13)4-5-8(14)10(9)12/h4-5,14H,2H2. The van der Waals surface area contributed by atoms with E-state index in [9.17, 15) is 8.78 Å². The molecule has 4 heteroatoms. The zero-order valence-electron chi connectivity index (χ0n) is 7.01. The summed E-state index contributed by atoms with van der Waals surface area (Å²) >= 11 is 0. The second-order valence-corrected chi connectivity index (χ2v) is 2.40. The first-order valence-electron chi connectivity index (χ1n) is 3.69. The highest BCUT2D eigenvalue weighted by Gasteiger charge is 2.10. The first kappa shape index (κ1) is 10.0. The second kappa shape index (κ2) is 4.25. The molecule has 0 radical (unpaired) electrons. The molecule has 0 saturated heterocycles. The van der Waals surface area contributed by atoms with E-state index < -0.39 is 17.4 Å². The summed E-state index contributed by atoms with van der Waals surface area (Å²) in [5.74, 6) is 1.34. The number of rotatable bonds is 0. The average Bonchev–Trinajstić information content (AvgIpc) is 2.18. The van der Waals surface area contributed by atoms with Crippen molar-refractivity contribution in [3.05, 3.63) is 29.3 Å². The molecule has 2 nitrogen and oxygen atoms in total. The Bertz CT molecular complexity index is 452. The first-order chi connectivity index (χ1) is 6.66. The first-order valence-corrected chi connectivity index (χ1v) is 3.69.